The molecule has 8 aromatic rings. The van der Waals surface area contributed by atoms with Crippen LogP contribution in [0.3, 0.4) is 0 Å². The summed E-state index contributed by atoms with van der Waals surface area (Å²) in [5.74, 6) is -0.628. The normalized spacial score (nSPS) is 14.6. The van der Waals surface area contributed by atoms with Crippen LogP contribution in [0.1, 0.15) is 158 Å². The van der Waals surface area contributed by atoms with E-state index in [9.17, 15) is 28.8 Å². The van der Waals surface area contributed by atoms with Gasteiger partial charge >= 0.3 is 53.4 Å². The van der Waals surface area contributed by atoms with E-state index in [1.165, 1.54) is 166 Å². The maximum atomic E-state index is 12.4. The molecule has 0 atom stereocenters. The molecular weight excluding hydrogens is 1050 g/mol. The molecule has 82 heavy (non-hydrogen) atoms. The molecule has 6 heterocycles. The third kappa shape index (κ3) is 13.4. The van der Waals surface area contributed by atoms with Crippen molar-refractivity contribution in [1.29, 1.82) is 0 Å². The van der Waals surface area contributed by atoms with Gasteiger partial charge < -0.3 is 61.0 Å². The molecule has 12 rings (SSSR count). The number of nitrogens with zero attached hydrogens (tertiary/aromatic N) is 5. The largest absolute Gasteiger partial charge is 1.00 e. The van der Waals surface area contributed by atoms with Crippen LogP contribution in [-0.4, -0.2) is 106 Å². The van der Waals surface area contributed by atoms with Crippen molar-refractivity contribution < 1.29 is 83.5 Å². The number of benzene rings is 4. The van der Waals surface area contributed by atoms with Gasteiger partial charge in [0.1, 0.15) is 0 Å². The minimum Gasteiger partial charge on any atom is -0.528 e. The van der Waals surface area contributed by atoms with Crippen molar-refractivity contribution >= 4 is 87.3 Å². The van der Waals surface area contributed by atoms with E-state index in [0.29, 0.717) is 23.0 Å². The first-order valence-electron chi connectivity index (χ1n) is 27.9. The minimum absolute atomic E-state index is 0. The minimum atomic E-state index is -0.562. The molecule has 0 spiro atoms. The maximum absolute atomic E-state index is 12.4. The zero-order valence-corrected chi connectivity index (χ0v) is 50.8. The summed E-state index contributed by atoms with van der Waals surface area (Å²) < 4.78 is 23.8. The Morgan fingerprint density at radius 1 is 0.573 bits per heavy atom. The van der Waals surface area contributed by atoms with Crippen LogP contribution in [0.25, 0.3) is 66.1 Å². The Morgan fingerprint density at radius 2 is 0.988 bits per heavy atom. The van der Waals surface area contributed by atoms with Gasteiger partial charge in [0.2, 0.25) is 0 Å². The van der Waals surface area contributed by atoms with Crippen LogP contribution in [0.5, 0.6) is 0 Å². The van der Waals surface area contributed by atoms with E-state index in [2.05, 4.69) is 111 Å². The van der Waals surface area contributed by atoms with E-state index in [4.69, 9.17) is 9.47 Å². The molecule has 0 amide bonds. The molecule has 2 aliphatic heterocycles. The van der Waals surface area contributed by atoms with Gasteiger partial charge in [-0.2, -0.15) is 0 Å². The quantitative estimate of drug-likeness (QED) is 0.0492. The van der Waals surface area contributed by atoms with Gasteiger partial charge in [-0.05, 0) is 112 Å². The molecule has 3 radical (unpaired) electrons. The van der Waals surface area contributed by atoms with Gasteiger partial charge in [-0.15, -0.1) is 5.68 Å². The standard InChI is InChI=1S/C30H35N3O2.C28H28N2O3.C4H6O3.C2H3BO.Na.2H2O/c1-31(2)19-23-17-21-11-7-12-25-28(21)32(23)15-8-16-33-26-18-22(30(34)35-3)13-14-24(26)27(29(25)33)20-9-5-4-6-10-20;1-33-28(32)20-11-12-22-24(16-20)30-14-6-13-29-21(17-31)15-19-9-5-10-23(26(19)29)27(30)25(22)18-7-3-2-4-8-18;1-3(5)7-4(2)6;1-2(3)4;;;/h7,11-14,17-18,20H,4-6,8-10,15-16,19H2,1-3H3;5,9-12,15-18H,2-4,6-8,13-14H2,1H3;1-2H3;1H3;;2*1H2/q;;;-1;+1;;. The number of aldehydes is 1. The van der Waals surface area contributed by atoms with E-state index in [1.807, 2.05) is 24.3 Å². The Kier molecular flexibility index (Phi) is 22.5. The number of aromatic nitrogens is 4. The predicted molar refractivity (Wildman–Crippen MR) is 318 cm³/mol. The first-order valence-corrected chi connectivity index (χ1v) is 27.9. The Balaban J connectivity index is 0.000000217. The van der Waals surface area contributed by atoms with Gasteiger partial charge in [-0.3, -0.25) is 14.4 Å². The molecule has 2 saturated carbocycles. The van der Waals surface area contributed by atoms with E-state index >= 15 is 0 Å². The first kappa shape index (κ1) is 64.6. The molecule has 18 heteroatoms. The summed E-state index contributed by atoms with van der Waals surface area (Å²) in [5, 5.41) is 4.99. The zero-order chi connectivity index (χ0) is 56.1. The molecule has 4 N–H and O–H groups in total. The van der Waals surface area contributed by atoms with Crippen LogP contribution in [0.4, 0.5) is 0 Å². The molecule has 4 aliphatic rings. The number of carbonyl (C=O) groups excluding carboxylic acids is 6. The number of esters is 4. The van der Waals surface area contributed by atoms with Crippen molar-refractivity contribution in [3.05, 3.63) is 119 Å². The molecule has 427 valence electrons. The van der Waals surface area contributed by atoms with Crippen molar-refractivity contribution in [3.63, 3.8) is 0 Å². The van der Waals surface area contributed by atoms with Crippen LogP contribution >= 0.6 is 0 Å². The number of aryl methyl sites for hydroxylation is 4. The van der Waals surface area contributed by atoms with Crippen LogP contribution in [0.15, 0.2) is 84.9 Å². The summed E-state index contributed by atoms with van der Waals surface area (Å²) >= 11 is 0. The Bertz CT molecular complexity index is 3620. The van der Waals surface area contributed by atoms with Crippen molar-refractivity contribution in [2.75, 3.05) is 28.3 Å². The van der Waals surface area contributed by atoms with Gasteiger partial charge in [-0.25, -0.2) is 9.59 Å². The molecule has 2 aliphatic carbocycles. The smallest absolute Gasteiger partial charge is 0.528 e. The van der Waals surface area contributed by atoms with E-state index in [0.717, 1.165) is 74.0 Å². The molecule has 2 fully saturated rings. The fourth-order valence-electron chi connectivity index (χ4n) is 13.0. The SMILES string of the molecule is CC(=O)OC(C)=O.COC(=O)c1ccc2c(C3CCCCC3)c3n(c2c1)CCCn1c(C=O)cc2cccc-3c21.COC(=O)c1ccc2c(C3CCCCC3)c3n(c2c1)CCCn1c(CN(C)C)cc2cccc-3c21.O.O.[B-]C(C)=O.[Na+]. The molecule has 0 unspecified atom stereocenters. The van der Waals surface area contributed by atoms with Gasteiger partial charge in [0, 0.05) is 96.0 Å². The monoisotopic (exact) mass is 1120 g/mol. The summed E-state index contributed by atoms with van der Waals surface area (Å²) in [7, 11) is 11.7. The fraction of sp³-hybridized carbons (Fsp3) is 0.406. The Hall–Kier alpha value is -6.60. The summed E-state index contributed by atoms with van der Waals surface area (Å²) in [6.07, 6.45) is 15.6. The van der Waals surface area contributed by atoms with E-state index in [-0.39, 0.29) is 58.1 Å². The molecular formula is C64H76BN5NaO11. The number of fused-ring (bicyclic) bond motifs is 8. The fourth-order valence-corrected chi connectivity index (χ4v) is 13.0. The average molecular weight is 1130 g/mol. The molecule has 4 aromatic carbocycles. The van der Waals surface area contributed by atoms with Crippen LogP contribution in [0, 0.1) is 0 Å². The second-order valence-corrected chi connectivity index (χ2v) is 21.7. The number of rotatable bonds is 7. The number of hydrogen-bond acceptors (Lipinski definition) is 10. The van der Waals surface area contributed by atoms with Crippen LogP contribution in [0.2, 0.25) is 0 Å². The summed E-state index contributed by atoms with van der Waals surface area (Å²) in [5.41, 5.74) is 15.9. The number of methoxy groups -OCH3 is 2. The third-order valence-electron chi connectivity index (χ3n) is 16.0. The number of ether oxygens (including phenoxy) is 3. The second kappa shape index (κ2) is 28.6. The molecule has 4 aromatic heterocycles. The second-order valence-electron chi connectivity index (χ2n) is 21.7. The Labute approximate surface area is 502 Å². The molecule has 0 bridgehead atoms. The van der Waals surface area contributed by atoms with E-state index in [1.54, 1.807) is 0 Å². The van der Waals surface area contributed by atoms with Gasteiger partial charge in [-0.1, -0.05) is 94.0 Å². The van der Waals surface area contributed by atoms with Gasteiger partial charge in [0.25, 0.3) is 0 Å². The molecule has 0 saturated heterocycles. The topological polar surface area (TPSA) is 216 Å². The summed E-state index contributed by atoms with van der Waals surface area (Å²) in [4.78, 5) is 67.7. The summed E-state index contributed by atoms with van der Waals surface area (Å²) in [6, 6.07) is 29.8. The number of hydrogen-bond donors (Lipinski definition) is 0. The average Bonchev–Trinajstić information content (AvgIpc) is 4.20. The molecule has 16 nitrogen and oxygen atoms in total. The summed E-state index contributed by atoms with van der Waals surface area (Å²) in [6.45, 7) is 8.19. The zero-order valence-electron chi connectivity index (χ0n) is 48.8. The van der Waals surface area contributed by atoms with Crippen molar-refractivity contribution in [3.8, 4) is 22.5 Å². The van der Waals surface area contributed by atoms with Crippen molar-refractivity contribution in [2.45, 2.75) is 142 Å². The van der Waals surface area contributed by atoms with Crippen LogP contribution < -0.4 is 29.6 Å². The van der Waals surface area contributed by atoms with Crippen molar-refractivity contribution in [2.24, 2.45) is 0 Å². The van der Waals surface area contributed by atoms with Crippen molar-refractivity contribution in [1.82, 2.24) is 23.2 Å². The van der Waals surface area contributed by atoms with Gasteiger partial charge in [0.15, 0.2) is 6.29 Å². The van der Waals surface area contributed by atoms with Gasteiger partial charge in [0.05, 0.1) is 53.5 Å². The predicted octanol–water partition coefficient (Wildman–Crippen LogP) is 8.03. The van der Waals surface area contributed by atoms with E-state index < -0.39 is 11.9 Å². The first-order chi connectivity index (χ1) is 38.1. The Morgan fingerprint density at radius 3 is 1.39 bits per heavy atom. The maximum Gasteiger partial charge on any atom is 1.00 e. The van der Waals surface area contributed by atoms with Crippen LogP contribution in [-0.2, 0) is 61.3 Å². The number of carbonyl (C=O) groups is 6. The number of para-hydroxylation sites is 2. The third-order valence-corrected chi connectivity index (χ3v) is 16.0.